The van der Waals surface area contributed by atoms with E-state index in [-0.39, 0.29) is 18.4 Å². The highest BCUT2D eigenvalue weighted by molar-refractivity contribution is 7.19. The molecule has 2 fully saturated rings. The molecule has 1 N–H and O–H groups in total. The third kappa shape index (κ3) is 4.35. The Balaban J connectivity index is 1.56. The van der Waals surface area contributed by atoms with Gasteiger partial charge in [-0.15, -0.1) is 11.3 Å². The van der Waals surface area contributed by atoms with Crippen molar-refractivity contribution in [2.24, 2.45) is 0 Å². The lowest BCUT2D eigenvalue weighted by molar-refractivity contribution is -0.138. The maximum Gasteiger partial charge on any atom is 0.230 e. The summed E-state index contributed by atoms with van der Waals surface area (Å²) < 4.78 is 0.945. The van der Waals surface area contributed by atoms with Crippen LogP contribution < -0.4 is 5.32 Å². The fourth-order valence-corrected chi connectivity index (χ4v) is 6.36. The predicted octanol–water partition coefficient (Wildman–Crippen LogP) is 4.15. The lowest BCUT2D eigenvalue weighted by Crippen LogP contribution is -2.54. The molecule has 0 radical (unpaired) electrons. The number of nitrogens with zero attached hydrogens (tertiary/aromatic N) is 4. The van der Waals surface area contributed by atoms with Gasteiger partial charge < -0.3 is 5.32 Å². The number of likely N-dealkylation sites (tertiary alicyclic amines) is 1. The van der Waals surface area contributed by atoms with E-state index in [4.69, 9.17) is 11.6 Å². The van der Waals surface area contributed by atoms with Crippen molar-refractivity contribution in [3.05, 3.63) is 45.6 Å². The van der Waals surface area contributed by atoms with E-state index < -0.39 is 0 Å². The SMILES string of the molecule is Cc1cc(Cl)cc(-c2ncnc3cc(CN4C(=O)CCC4=O)sc23)c1CN1[C@@H](C)CNC[C@@H]1C. The number of carbonyl (C=O) groups is 2. The summed E-state index contributed by atoms with van der Waals surface area (Å²) in [5, 5.41) is 4.17. The molecule has 4 heterocycles. The minimum absolute atomic E-state index is 0.110. The first kappa shape index (κ1) is 23.4. The second-order valence-electron chi connectivity index (χ2n) is 9.30. The molecule has 2 saturated heterocycles. The number of halogens is 1. The van der Waals surface area contributed by atoms with Crippen LogP contribution in [0.15, 0.2) is 24.5 Å². The summed E-state index contributed by atoms with van der Waals surface area (Å²) in [5.41, 5.74) is 5.02. The summed E-state index contributed by atoms with van der Waals surface area (Å²) in [6.07, 6.45) is 2.17. The summed E-state index contributed by atoms with van der Waals surface area (Å²) >= 11 is 8.07. The van der Waals surface area contributed by atoms with Gasteiger partial charge in [-0.1, -0.05) is 11.6 Å². The van der Waals surface area contributed by atoms with Crippen LogP contribution in [0.3, 0.4) is 0 Å². The van der Waals surface area contributed by atoms with Gasteiger partial charge in [0.1, 0.15) is 6.33 Å². The van der Waals surface area contributed by atoms with Crippen LogP contribution in [0.1, 0.15) is 42.7 Å². The number of carbonyl (C=O) groups excluding carboxylic acids is 2. The monoisotopic (exact) mass is 497 g/mol. The van der Waals surface area contributed by atoms with E-state index in [1.165, 1.54) is 21.8 Å². The van der Waals surface area contributed by atoms with Crippen LogP contribution in [-0.4, -0.2) is 56.8 Å². The average Bonchev–Trinajstić information content (AvgIpc) is 3.35. The van der Waals surface area contributed by atoms with Crippen molar-refractivity contribution in [3.8, 4) is 11.3 Å². The summed E-state index contributed by atoms with van der Waals surface area (Å²) in [4.78, 5) is 38.2. The van der Waals surface area contributed by atoms with Crippen LogP contribution in [0.5, 0.6) is 0 Å². The number of hydrogen-bond donors (Lipinski definition) is 1. The summed E-state index contributed by atoms with van der Waals surface area (Å²) in [6.45, 7) is 9.63. The Morgan fingerprint density at radius 1 is 1.06 bits per heavy atom. The van der Waals surface area contributed by atoms with Gasteiger partial charge in [-0.05, 0) is 50.1 Å². The fraction of sp³-hybridized carbons (Fsp3) is 0.440. The number of aromatic nitrogens is 2. The molecule has 0 aliphatic carbocycles. The smallest absolute Gasteiger partial charge is 0.230 e. The van der Waals surface area contributed by atoms with Gasteiger partial charge in [-0.3, -0.25) is 19.4 Å². The van der Waals surface area contributed by atoms with E-state index in [1.54, 1.807) is 6.33 Å². The fourth-order valence-electron chi connectivity index (χ4n) is 4.99. The molecule has 0 unspecified atom stereocenters. The number of benzene rings is 1. The maximum atomic E-state index is 12.1. The lowest BCUT2D eigenvalue weighted by Gasteiger charge is -2.40. The number of imide groups is 1. The maximum absolute atomic E-state index is 12.1. The molecule has 9 heteroatoms. The van der Waals surface area contributed by atoms with E-state index in [0.29, 0.717) is 29.9 Å². The van der Waals surface area contributed by atoms with Crippen LogP contribution in [0, 0.1) is 6.92 Å². The molecule has 0 spiro atoms. The van der Waals surface area contributed by atoms with Gasteiger partial charge in [0, 0.05) is 60.0 Å². The molecule has 1 aromatic carbocycles. The third-order valence-electron chi connectivity index (χ3n) is 6.88. The number of amides is 2. The van der Waals surface area contributed by atoms with Gasteiger partial charge in [0.2, 0.25) is 11.8 Å². The zero-order valence-corrected chi connectivity index (χ0v) is 21.2. The molecule has 2 aliphatic heterocycles. The van der Waals surface area contributed by atoms with Crippen molar-refractivity contribution in [1.29, 1.82) is 0 Å². The summed E-state index contributed by atoms with van der Waals surface area (Å²) in [7, 11) is 0. The predicted molar refractivity (Wildman–Crippen MR) is 135 cm³/mol. The Kier molecular flexibility index (Phi) is 6.41. The highest BCUT2D eigenvalue weighted by Crippen LogP contribution is 2.38. The molecular weight excluding hydrogens is 470 g/mol. The number of rotatable bonds is 5. The number of aryl methyl sites for hydroxylation is 1. The van der Waals surface area contributed by atoms with Crippen molar-refractivity contribution in [1.82, 2.24) is 25.1 Å². The third-order valence-corrected chi connectivity index (χ3v) is 8.21. The molecule has 5 rings (SSSR count). The number of thiophene rings is 1. The normalized spacial score (nSPS) is 21.7. The zero-order valence-electron chi connectivity index (χ0n) is 19.6. The minimum Gasteiger partial charge on any atom is -0.314 e. The zero-order chi connectivity index (χ0) is 24.0. The first-order chi connectivity index (χ1) is 16.3. The van der Waals surface area contributed by atoms with Gasteiger partial charge >= 0.3 is 0 Å². The Morgan fingerprint density at radius 2 is 1.76 bits per heavy atom. The molecule has 7 nitrogen and oxygen atoms in total. The first-order valence-corrected chi connectivity index (χ1v) is 12.8. The highest BCUT2D eigenvalue weighted by Gasteiger charge is 2.30. The van der Waals surface area contributed by atoms with Crippen molar-refractivity contribution < 1.29 is 9.59 Å². The molecule has 178 valence electrons. The van der Waals surface area contributed by atoms with Gasteiger partial charge in [-0.25, -0.2) is 9.97 Å². The molecule has 2 aliphatic rings. The van der Waals surface area contributed by atoms with Gasteiger partial charge in [0.15, 0.2) is 0 Å². The molecule has 0 bridgehead atoms. The number of hydrogen-bond acceptors (Lipinski definition) is 7. The Bertz CT molecular complexity index is 1250. The quantitative estimate of drug-likeness (QED) is 0.533. The molecule has 34 heavy (non-hydrogen) atoms. The minimum atomic E-state index is -0.110. The van der Waals surface area contributed by atoms with E-state index in [2.05, 4.69) is 41.0 Å². The summed E-state index contributed by atoms with van der Waals surface area (Å²) in [6, 6.07) is 6.81. The molecule has 0 saturated carbocycles. The van der Waals surface area contributed by atoms with Gasteiger partial charge in [0.05, 0.1) is 22.5 Å². The average molecular weight is 498 g/mol. The van der Waals surface area contributed by atoms with Crippen LogP contribution >= 0.6 is 22.9 Å². The number of piperazine rings is 1. The molecular formula is C25H28ClN5O2S. The van der Waals surface area contributed by atoms with E-state index in [1.807, 2.05) is 18.2 Å². The first-order valence-electron chi connectivity index (χ1n) is 11.6. The Morgan fingerprint density at radius 3 is 2.47 bits per heavy atom. The second-order valence-corrected chi connectivity index (χ2v) is 10.9. The van der Waals surface area contributed by atoms with Crippen LogP contribution in [-0.2, 0) is 22.7 Å². The van der Waals surface area contributed by atoms with E-state index in [9.17, 15) is 9.59 Å². The molecule has 2 amide bonds. The standard InChI is InChI=1S/C25H28ClN5O2S/c1-14-6-17(26)7-19(20(14)12-30-15(2)9-27-10-16(30)3)24-25-21(28-13-29-24)8-18(34-25)11-31-22(32)4-5-23(31)33/h6-8,13,15-16,27H,4-5,9-12H2,1-3H3/t15-,16-/m0/s1. The summed E-state index contributed by atoms with van der Waals surface area (Å²) in [5.74, 6) is -0.221. The van der Waals surface area contributed by atoms with Crippen molar-refractivity contribution in [3.63, 3.8) is 0 Å². The topological polar surface area (TPSA) is 78.4 Å². The van der Waals surface area contributed by atoms with Gasteiger partial charge in [-0.2, -0.15) is 0 Å². The second kappa shape index (κ2) is 9.34. The lowest BCUT2D eigenvalue weighted by atomic mass is 9.96. The van der Waals surface area contributed by atoms with Crippen LogP contribution in [0.25, 0.3) is 21.5 Å². The highest BCUT2D eigenvalue weighted by atomic mass is 35.5. The van der Waals surface area contributed by atoms with Crippen LogP contribution in [0.4, 0.5) is 0 Å². The molecule has 3 aromatic rings. The Hall–Kier alpha value is -2.39. The van der Waals surface area contributed by atoms with Crippen molar-refractivity contribution >= 4 is 45.0 Å². The van der Waals surface area contributed by atoms with Crippen LogP contribution in [0.2, 0.25) is 5.02 Å². The van der Waals surface area contributed by atoms with Gasteiger partial charge in [0.25, 0.3) is 0 Å². The van der Waals surface area contributed by atoms with Crippen molar-refractivity contribution in [2.45, 2.75) is 58.8 Å². The van der Waals surface area contributed by atoms with E-state index in [0.717, 1.165) is 51.5 Å². The number of fused-ring (bicyclic) bond motifs is 1. The van der Waals surface area contributed by atoms with Crippen molar-refractivity contribution in [2.75, 3.05) is 13.1 Å². The molecule has 2 aromatic heterocycles. The number of nitrogens with one attached hydrogen (secondary N) is 1. The van der Waals surface area contributed by atoms with E-state index >= 15 is 0 Å². The molecule has 2 atom stereocenters. The Labute approximate surface area is 208 Å². The largest absolute Gasteiger partial charge is 0.314 e.